The number of esters is 2. The molecule has 2 bridgehead atoms. The van der Waals surface area contributed by atoms with Gasteiger partial charge in [0.15, 0.2) is 0 Å². The van der Waals surface area contributed by atoms with Gasteiger partial charge in [-0.25, -0.2) is 4.79 Å². The molecule has 0 radical (unpaired) electrons. The Kier molecular flexibility index (Phi) is 2.88. The molecule has 3 fully saturated rings. The minimum atomic E-state index is -0.323. The minimum absolute atomic E-state index is 0.0499. The molecule has 18 heavy (non-hydrogen) atoms. The second kappa shape index (κ2) is 4.41. The van der Waals surface area contributed by atoms with E-state index in [2.05, 4.69) is 6.58 Å². The van der Waals surface area contributed by atoms with E-state index in [1.54, 1.807) is 0 Å². The van der Waals surface area contributed by atoms with Gasteiger partial charge >= 0.3 is 11.9 Å². The van der Waals surface area contributed by atoms with Crippen LogP contribution < -0.4 is 0 Å². The highest BCUT2D eigenvalue weighted by Crippen LogP contribution is 2.52. The van der Waals surface area contributed by atoms with Gasteiger partial charge in [-0.2, -0.15) is 0 Å². The van der Waals surface area contributed by atoms with Gasteiger partial charge < -0.3 is 9.47 Å². The van der Waals surface area contributed by atoms with Crippen molar-refractivity contribution in [2.24, 2.45) is 17.8 Å². The molecule has 5 unspecified atom stereocenters. The predicted molar refractivity (Wildman–Crippen MR) is 63.5 cm³/mol. The zero-order chi connectivity index (χ0) is 12.7. The number of fused-ring (bicyclic) bond motifs is 2. The quantitative estimate of drug-likeness (QED) is 0.566. The Labute approximate surface area is 106 Å². The van der Waals surface area contributed by atoms with Crippen LogP contribution in [0.5, 0.6) is 0 Å². The summed E-state index contributed by atoms with van der Waals surface area (Å²) in [5, 5.41) is 0. The van der Waals surface area contributed by atoms with Crippen molar-refractivity contribution in [2.45, 2.75) is 44.3 Å². The number of rotatable bonds is 3. The van der Waals surface area contributed by atoms with Crippen molar-refractivity contribution < 1.29 is 19.1 Å². The van der Waals surface area contributed by atoms with E-state index in [9.17, 15) is 9.59 Å². The van der Waals surface area contributed by atoms with Crippen molar-refractivity contribution in [3.05, 3.63) is 12.7 Å². The Balaban J connectivity index is 1.58. The molecule has 3 aliphatic rings. The molecular weight excluding hydrogens is 232 g/mol. The second-order valence-corrected chi connectivity index (χ2v) is 5.64. The Morgan fingerprint density at radius 3 is 2.72 bits per heavy atom. The Hall–Kier alpha value is -1.32. The maximum Gasteiger partial charge on any atom is 0.330 e. The van der Waals surface area contributed by atoms with Crippen molar-refractivity contribution in [1.29, 1.82) is 0 Å². The van der Waals surface area contributed by atoms with E-state index in [1.807, 2.05) is 0 Å². The van der Waals surface area contributed by atoms with Crippen LogP contribution in [0.15, 0.2) is 12.7 Å². The zero-order valence-corrected chi connectivity index (χ0v) is 10.3. The molecule has 1 saturated heterocycles. The summed E-state index contributed by atoms with van der Waals surface area (Å²) in [5.74, 6) is 1.10. The van der Waals surface area contributed by atoms with Crippen LogP contribution in [0.25, 0.3) is 0 Å². The maximum absolute atomic E-state index is 11.2. The second-order valence-electron chi connectivity index (χ2n) is 5.64. The van der Waals surface area contributed by atoms with E-state index in [-0.39, 0.29) is 24.1 Å². The van der Waals surface area contributed by atoms with E-state index in [4.69, 9.17) is 9.47 Å². The lowest BCUT2D eigenvalue weighted by atomic mass is 9.82. The van der Waals surface area contributed by atoms with Crippen LogP contribution in [0, 0.1) is 17.8 Å². The lowest BCUT2D eigenvalue weighted by Gasteiger charge is -2.30. The first kappa shape index (κ1) is 11.8. The highest BCUT2D eigenvalue weighted by molar-refractivity contribution is 5.81. The van der Waals surface area contributed by atoms with Crippen molar-refractivity contribution >= 4 is 11.9 Å². The van der Waals surface area contributed by atoms with Gasteiger partial charge in [-0.15, -0.1) is 0 Å². The molecule has 1 aliphatic heterocycles. The molecule has 0 N–H and O–H groups in total. The third-order valence-electron chi connectivity index (χ3n) is 4.67. The first-order chi connectivity index (χ1) is 8.67. The average Bonchev–Trinajstić information content (AvgIpc) is 3.03. The highest BCUT2D eigenvalue weighted by Gasteiger charge is 2.51. The lowest BCUT2D eigenvalue weighted by Crippen LogP contribution is -2.32. The van der Waals surface area contributed by atoms with E-state index < -0.39 is 0 Å². The number of carbonyl (C=O) groups excluding carboxylic acids is 2. The first-order valence-corrected chi connectivity index (χ1v) is 6.70. The third kappa shape index (κ3) is 1.93. The molecule has 0 aromatic heterocycles. The van der Waals surface area contributed by atoms with Crippen molar-refractivity contribution in [2.75, 3.05) is 0 Å². The fourth-order valence-corrected chi connectivity index (χ4v) is 3.91. The summed E-state index contributed by atoms with van der Waals surface area (Å²) in [4.78, 5) is 22.4. The third-order valence-corrected chi connectivity index (χ3v) is 4.67. The van der Waals surface area contributed by atoms with Gasteiger partial charge in [0.25, 0.3) is 0 Å². The van der Waals surface area contributed by atoms with Crippen LogP contribution in [0.1, 0.15) is 32.1 Å². The Morgan fingerprint density at radius 2 is 2.17 bits per heavy atom. The average molecular weight is 250 g/mol. The largest absolute Gasteiger partial charge is 0.462 e. The molecule has 98 valence electrons. The van der Waals surface area contributed by atoms with Crippen LogP contribution in [-0.4, -0.2) is 24.1 Å². The van der Waals surface area contributed by atoms with Crippen LogP contribution in [0.4, 0.5) is 0 Å². The van der Waals surface area contributed by atoms with Crippen molar-refractivity contribution in [3.63, 3.8) is 0 Å². The summed E-state index contributed by atoms with van der Waals surface area (Å²) in [6, 6.07) is 0. The van der Waals surface area contributed by atoms with E-state index in [0.29, 0.717) is 24.2 Å². The van der Waals surface area contributed by atoms with Gasteiger partial charge in [0.05, 0.1) is 0 Å². The van der Waals surface area contributed by atoms with Gasteiger partial charge in [0, 0.05) is 12.5 Å². The van der Waals surface area contributed by atoms with Gasteiger partial charge in [0.2, 0.25) is 0 Å². The van der Waals surface area contributed by atoms with Crippen LogP contribution in [-0.2, 0) is 19.1 Å². The topological polar surface area (TPSA) is 52.6 Å². The smallest absolute Gasteiger partial charge is 0.330 e. The normalized spacial score (nSPS) is 41.8. The molecule has 4 heteroatoms. The van der Waals surface area contributed by atoms with E-state index in [1.165, 1.54) is 6.08 Å². The van der Waals surface area contributed by atoms with Crippen LogP contribution in [0.2, 0.25) is 0 Å². The highest BCUT2D eigenvalue weighted by atomic mass is 16.6. The fourth-order valence-electron chi connectivity index (χ4n) is 3.91. The predicted octanol–water partition coefficient (Wildman–Crippen LogP) is 1.84. The fraction of sp³-hybridized carbons (Fsp3) is 0.714. The molecule has 0 spiro atoms. The molecular formula is C14H18O4. The molecule has 4 nitrogen and oxygen atoms in total. The van der Waals surface area contributed by atoms with Gasteiger partial charge in [0.1, 0.15) is 12.2 Å². The molecule has 0 aromatic carbocycles. The molecule has 2 saturated carbocycles. The van der Waals surface area contributed by atoms with Crippen LogP contribution in [0.3, 0.4) is 0 Å². The number of hydrogen-bond acceptors (Lipinski definition) is 4. The van der Waals surface area contributed by atoms with Gasteiger partial charge in [-0.3, -0.25) is 4.79 Å². The summed E-state index contributed by atoms with van der Waals surface area (Å²) in [6.07, 6.45) is 5.87. The summed E-state index contributed by atoms with van der Waals surface area (Å²) in [7, 11) is 0. The Bertz CT molecular complexity index is 389. The molecule has 0 amide bonds. The number of ether oxygens (including phenoxy) is 2. The zero-order valence-electron chi connectivity index (χ0n) is 10.3. The number of hydrogen-bond donors (Lipinski definition) is 0. The number of carbonyl (C=O) groups is 2. The lowest BCUT2D eigenvalue weighted by molar-refractivity contribution is -0.147. The molecule has 3 rings (SSSR count). The van der Waals surface area contributed by atoms with E-state index in [0.717, 1.165) is 25.7 Å². The van der Waals surface area contributed by atoms with Crippen molar-refractivity contribution in [1.82, 2.24) is 0 Å². The van der Waals surface area contributed by atoms with E-state index >= 15 is 0 Å². The van der Waals surface area contributed by atoms with Gasteiger partial charge in [-0.1, -0.05) is 6.58 Å². The van der Waals surface area contributed by atoms with Gasteiger partial charge in [-0.05, 0) is 43.4 Å². The molecule has 0 aromatic rings. The summed E-state index contributed by atoms with van der Waals surface area (Å²) < 4.78 is 10.7. The summed E-state index contributed by atoms with van der Waals surface area (Å²) in [6.45, 7) is 3.42. The monoisotopic (exact) mass is 250 g/mol. The first-order valence-electron chi connectivity index (χ1n) is 6.70. The SMILES string of the molecule is C=CC(=O)OC1CC2CC1CC2C1CCC(=O)O1. The molecule has 2 aliphatic carbocycles. The summed E-state index contributed by atoms with van der Waals surface area (Å²) in [5.41, 5.74) is 0. The Morgan fingerprint density at radius 1 is 1.33 bits per heavy atom. The van der Waals surface area contributed by atoms with Crippen molar-refractivity contribution in [3.8, 4) is 0 Å². The minimum Gasteiger partial charge on any atom is -0.462 e. The number of cyclic esters (lactones) is 1. The standard InChI is InChI=1S/C14H18O4/c1-2-13(15)18-12-7-8-5-9(12)6-10(8)11-3-4-14(16)17-11/h2,8-12H,1,3-7H2. The maximum atomic E-state index is 11.2. The van der Waals surface area contributed by atoms with Crippen LogP contribution >= 0.6 is 0 Å². The molecule has 5 atom stereocenters. The molecule has 1 heterocycles. The summed E-state index contributed by atoms with van der Waals surface area (Å²) >= 11 is 0.